The number of hydrogen-bond acceptors (Lipinski definition) is 5. The van der Waals surface area contributed by atoms with Crippen LogP contribution in [0.1, 0.15) is 33.3 Å². The maximum atomic E-state index is 13.3. The number of imide groups is 1. The molecule has 0 atom stereocenters. The molecule has 35 heavy (non-hydrogen) atoms. The molecule has 2 heterocycles. The summed E-state index contributed by atoms with van der Waals surface area (Å²) in [6.45, 7) is 6.93. The van der Waals surface area contributed by atoms with E-state index in [-0.39, 0.29) is 23.8 Å². The maximum Gasteiger partial charge on any atom is 0.573 e. The number of rotatable bonds is 7. The summed E-state index contributed by atoms with van der Waals surface area (Å²) in [5, 5.41) is 2.33. The topological polar surface area (TPSA) is 91.8 Å². The van der Waals surface area contributed by atoms with Gasteiger partial charge in [-0.05, 0) is 61.7 Å². The lowest BCUT2D eigenvalue weighted by atomic mass is 10.0. The van der Waals surface area contributed by atoms with Crippen molar-refractivity contribution in [3.63, 3.8) is 0 Å². The lowest BCUT2D eigenvalue weighted by molar-refractivity contribution is -0.274. The molecule has 0 spiro atoms. The molecule has 1 saturated heterocycles. The van der Waals surface area contributed by atoms with Crippen LogP contribution in [0.25, 0.3) is 0 Å². The van der Waals surface area contributed by atoms with Crippen LogP contribution in [0.2, 0.25) is 0 Å². The van der Waals surface area contributed by atoms with Gasteiger partial charge in [0.05, 0.1) is 11.4 Å². The molecule has 0 saturated carbocycles. The van der Waals surface area contributed by atoms with Gasteiger partial charge in [-0.3, -0.25) is 14.6 Å². The number of ether oxygens (including phenoxy) is 1. The van der Waals surface area contributed by atoms with Gasteiger partial charge >= 0.3 is 12.4 Å². The predicted octanol–water partition coefficient (Wildman–Crippen LogP) is 4.88. The standard InChI is InChI=1S/C24H25F3N4O4/c1-15(2)5-8-20(32)29-18-13-17(6-7-19(18)35-24(25,26)27)31-21(33)23(3,4)30(22(31)34)14-16-9-11-28-12-10-16/h5-13,15H,14H2,1-4H3,(H,29,32)/b8-5+. The SMILES string of the molecule is CC(C)/C=C/C(=O)Nc1cc(N2C(=O)N(Cc3ccncc3)C(C)(C)C2=O)ccc1OC(F)(F)F. The molecule has 0 bridgehead atoms. The Hall–Kier alpha value is -3.89. The van der Waals surface area contributed by atoms with E-state index < -0.39 is 35.5 Å². The van der Waals surface area contributed by atoms with Crippen molar-refractivity contribution < 1.29 is 32.3 Å². The van der Waals surface area contributed by atoms with Crippen molar-refractivity contribution in [3.05, 3.63) is 60.4 Å². The Bertz CT molecular complexity index is 1150. The van der Waals surface area contributed by atoms with E-state index in [0.29, 0.717) is 0 Å². The van der Waals surface area contributed by atoms with E-state index >= 15 is 0 Å². The number of benzene rings is 1. The fourth-order valence-electron chi connectivity index (χ4n) is 3.42. The molecular weight excluding hydrogens is 465 g/mol. The van der Waals surface area contributed by atoms with E-state index in [1.807, 2.05) is 13.8 Å². The second kappa shape index (κ2) is 9.77. The van der Waals surface area contributed by atoms with Crippen molar-refractivity contribution >= 4 is 29.2 Å². The van der Waals surface area contributed by atoms with Crippen LogP contribution in [0, 0.1) is 5.92 Å². The summed E-state index contributed by atoms with van der Waals surface area (Å²) in [5.74, 6) is -1.91. The van der Waals surface area contributed by atoms with Crippen molar-refractivity contribution in [1.29, 1.82) is 0 Å². The lowest BCUT2D eigenvalue weighted by Crippen LogP contribution is -2.43. The van der Waals surface area contributed by atoms with Gasteiger partial charge in [0.2, 0.25) is 5.91 Å². The largest absolute Gasteiger partial charge is 0.573 e. The highest BCUT2D eigenvalue weighted by molar-refractivity contribution is 6.23. The number of amides is 4. The van der Waals surface area contributed by atoms with Gasteiger partial charge in [-0.2, -0.15) is 0 Å². The van der Waals surface area contributed by atoms with Crippen LogP contribution in [0.4, 0.5) is 29.3 Å². The lowest BCUT2D eigenvalue weighted by Gasteiger charge is -2.27. The molecule has 1 aliphatic rings. The van der Waals surface area contributed by atoms with Crippen molar-refractivity contribution in [2.24, 2.45) is 5.92 Å². The number of hydrogen-bond donors (Lipinski definition) is 1. The summed E-state index contributed by atoms with van der Waals surface area (Å²) in [5.41, 5.74) is -0.840. The fraction of sp³-hybridized carbons (Fsp3) is 0.333. The second-order valence-corrected chi connectivity index (χ2v) is 8.74. The van der Waals surface area contributed by atoms with Crippen LogP contribution in [-0.2, 0) is 16.1 Å². The summed E-state index contributed by atoms with van der Waals surface area (Å²) in [6, 6.07) is 5.96. The molecule has 1 aromatic heterocycles. The quantitative estimate of drug-likeness (QED) is 0.441. The minimum absolute atomic E-state index is 0.0111. The molecule has 2 aromatic rings. The smallest absolute Gasteiger partial charge is 0.404 e. The van der Waals surface area contributed by atoms with E-state index in [0.717, 1.165) is 28.7 Å². The van der Waals surface area contributed by atoms with Crippen LogP contribution in [0.3, 0.4) is 0 Å². The molecule has 4 amide bonds. The first kappa shape index (κ1) is 25.7. The number of urea groups is 1. The number of carbonyl (C=O) groups is 3. The summed E-state index contributed by atoms with van der Waals surface area (Å²) in [4.78, 5) is 44.9. The van der Waals surface area contributed by atoms with Gasteiger partial charge in [0.15, 0.2) is 5.75 Å². The molecule has 1 fully saturated rings. The molecule has 0 aliphatic carbocycles. The van der Waals surface area contributed by atoms with E-state index in [1.165, 1.54) is 11.0 Å². The van der Waals surface area contributed by atoms with Crippen molar-refractivity contribution in [3.8, 4) is 5.75 Å². The third-order valence-corrected chi connectivity index (χ3v) is 5.25. The molecule has 1 N–H and O–H groups in total. The predicted molar refractivity (Wildman–Crippen MR) is 122 cm³/mol. The van der Waals surface area contributed by atoms with Gasteiger partial charge in [0.1, 0.15) is 5.54 Å². The highest BCUT2D eigenvalue weighted by Crippen LogP contribution is 2.38. The van der Waals surface area contributed by atoms with Gasteiger partial charge in [-0.15, -0.1) is 13.2 Å². The maximum absolute atomic E-state index is 13.3. The average Bonchev–Trinajstić information content (AvgIpc) is 2.93. The number of allylic oxidation sites excluding steroid dienone is 1. The first-order valence-corrected chi connectivity index (χ1v) is 10.7. The van der Waals surface area contributed by atoms with Crippen LogP contribution in [-0.4, -0.2) is 39.6 Å². The zero-order valence-electron chi connectivity index (χ0n) is 19.6. The Kier molecular flexibility index (Phi) is 7.18. The molecule has 3 rings (SSSR count). The van der Waals surface area contributed by atoms with Crippen LogP contribution in [0.15, 0.2) is 54.9 Å². The third-order valence-electron chi connectivity index (χ3n) is 5.25. The van der Waals surface area contributed by atoms with Crippen molar-refractivity contribution in [2.75, 3.05) is 10.2 Å². The van der Waals surface area contributed by atoms with Gasteiger partial charge < -0.3 is 15.0 Å². The Labute approximate surface area is 200 Å². The molecule has 0 radical (unpaired) electrons. The van der Waals surface area contributed by atoms with E-state index in [9.17, 15) is 27.6 Å². The average molecular weight is 490 g/mol. The molecule has 1 aromatic carbocycles. The number of aromatic nitrogens is 1. The number of halogens is 3. The van der Waals surface area contributed by atoms with Gasteiger partial charge in [0, 0.05) is 18.9 Å². The van der Waals surface area contributed by atoms with Gasteiger partial charge in [-0.1, -0.05) is 19.9 Å². The second-order valence-electron chi connectivity index (χ2n) is 8.74. The third kappa shape index (κ3) is 5.97. The van der Waals surface area contributed by atoms with E-state index in [4.69, 9.17) is 0 Å². The first-order chi connectivity index (χ1) is 16.3. The monoisotopic (exact) mass is 490 g/mol. The highest BCUT2D eigenvalue weighted by atomic mass is 19.4. The number of nitrogens with one attached hydrogen (secondary N) is 1. The number of carbonyl (C=O) groups excluding carboxylic acids is 3. The molecule has 0 unspecified atom stereocenters. The molecule has 11 heteroatoms. The zero-order valence-corrected chi connectivity index (χ0v) is 19.6. The zero-order chi connectivity index (χ0) is 26.0. The number of nitrogens with zero attached hydrogens (tertiary/aromatic N) is 3. The molecule has 186 valence electrons. The van der Waals surface area contributed by atoms with Gasteiger partial charge in [-0.25, -0.2) is 9.69 Å². The fourth-order valence-corrected chi connectivity index (χ4v) is 3.42. The molecular formula is C24H25F3N4O4. The Morgan fingerprint density at radius 2 is 1.83 bits per heavy atom. The normalized spacial score (nSPS) is 15.9. The Morgan fingerprint density at radius 1 is 1.17 bits per heavy atom. The summed E-state index contributed by atoms with van der Waals surface area (Å²) in [6.07, 6.45) is 0.851. The summed E-state index contributed by atoms with van der Waals surface area (Å²) < 4.78 is 42.8. The first-order valence-electron chi connectivity index (χ1n) is 10.7. The van der Waals surface area contributed by atoms with E-state index in [1.54, 1.807) is 44.4 Å². The Morgan fingerprint density at radius 3 is 2.43 bits per heavy atom. The minimum atomic E-state index is -5.02. The number of anilines is 2. The van der Waals surface area contributed by atoms with Crippen molar-refractivity contribution in [1.82, 2.24) is 9.88 Å². The number of alkyl halides is 3. The molecule has 8 nitrogen and oxygen atoms in total. The molecule has 1 aliphatic heterocycles. The summed E-state index contributed by atoms with van der Waals surface area (Å²) in [7, 11) is 0. The van der Waals surface area contributed by atoms with Crippen molar-refractivity contribution in [2.45, 2.75) is 46.1 Å². The Balaban J connectivity index is 1.97. The van der Waals surface area contributed by atoms with Crippen LogP contribution < -0.4 is 15.0 Å². The minimum Gasteiger partial charge on any atom is -0.404 e. The van der Waals surface area contributed by atoms with E-state index in [2.05, 4.69) is 15.0 Å². The van der Waals surface area contributed by atoms with Crippen LogP contribution in [0.5, 0.6) is 5.75 Å². The number of pyridine rings is 1. The highest BCUT2D eigenvalue weighted by Gasteiger charge is 2.51. The summed E-state index contributed by atoms with van der Waals surface area (Å²) >= 11 is 0. The van der Waals surface area contributed by atoms with Crippen LogP contribution >= 0.6 is 0 Å². The van der Waals surface area contributed by atoms with Gasteiger partial charge in [0.25, 0.3) is 5.91 Å².